The van der Waals surface area contributed by atoms with Crippen molar-refractivity contribution in [1.82, 2.24) is 15.5 Å². The summed E-state index contributed by atoms with van der Waals surface area (Å²) < 4.78 is 5.21. The van der Waals surface area contributed by atoms with Crippen molar-refractivity contribution in [3.05, 3.63) is 30.1 Å². The molecule has 0 atom stereocenters. The van der Waals surface area contributed by atoms with Gasteiger partial charge in [-0.1, -0.05) is 19.0 Å². The summed E-state index contributed by atoms with van der Waals surface area (Å²) >= 11 is 0. The fraction of sp³-hybridized carbons (Fsp3) is 0.375. The molecule has 0 saturated carbocycles. The number of nitrogens with zero attached hydrogens (tertiary/aromatic N) is 2. The molecule has 2 rings (SSSR count). The van der Waals surface area contributed by atoms with Crippen LogP contribution in [0.2, 0.25) is 0 Å². The Morgan fingerprint density at radius 2 is 1.96 bits per heavy atom. The van der Waals surface area contributed by atoms with Crippen LogP contribution in [0, 0.1) is 0 Å². The van der Waals surface area contributed by atoms with Gasteiger partial charge in [0, 0.05) is 30.1 Å². The SMILES string of the molecule is CC(C)c1noc(-c2ccc(NC(=O)NCCCC(=O)O)cc2)n1. The second-order valence-corrected chi connectivity index (χ2v) is 5.57. The molecule has 0 saturated heterocycles. The maximum absolute atomic E-state index is 11.7. The van der Waals surface area contributed by atoms with Crippen molar-refractivity contribution in [3.63, 3.8) is 0 Å². The minimum atomic E-state index is -0.880. The number of hydrogen-bond donors (Lipinski definition) is 3. The Balaban J connectivity index is 1.87. The first kappa shape index (κ1) is 17.5. The molecule has 0 aliphatic heterocycles. The third-order valence-corrected chi connectivity index (χ3v) is 3.20. The number of carboxylic acids is 1. The molecule has 1 aromatic heterocycles. The van der Waals surface area contributed by atoms with Gasteiger partial charge in [-0.15, -0.1) is 0 Å². The lowest BCUT2D eigenvalue weighted by Gasteiger charge is -2.07. The number of carboxylic acid groups (broad SMARTS) is 1. The Hall–Kier alpha value is -2.90. The number of rotatable bonds is 7. The first-order chi connectivity index (χ1) is 11.5. The number of aromatic nitrogens is 2. The summed E-state index contributed by atoms with van der Waals surface area (Å²) in [5.74, 6) is 0.388. The lowest BCUT2D eigenvalue weighted by atomic mass is 10.2. The quantitative estimate of drug-likeness (QED) is 0.671. The van der Waals surface area contributed by atoms with Gasteiger partial charge in [-0.3, -0.25) is 4.79 Å². The fourth-order valence-corrected chi connectivity index (χ4v) is 1.90. The van der Waals surface area contributed by atoms with Gasteiger partial charge < -0.3 is 20.3 Å². The molecule has 0 fully saturated rings. The van der Waals surface area contributed by atoms with E-state index >= 15 is 0 Å². The standard InChI is InChI=1S/C16H20N4O4/c1-10(2)14-19-15(24-20-14)11-5-7-12(8-6-11)18-16(23)17-9-3-4-13(21)22/h5-8,10H,3-4,9H2,1-2H3,(H,21,22)(H2,17,18,23). The molecule has 0 aliphatic rings. The molecular formula is C16H20N4O4. The Morgan fingerprint density at radius 3 is 2.54 bits per heavy atom. The van der Waals surface area contributed by atoms with Crippen LogP contribution in [0.4, 0.5) is 10.5 Å². The van der Waals surface area contributed by atoms with Crippen molar-refractivity contribution >= 4 is 17.7 Å². The zero-order valence-corrected chi connectivity index (χ0v) is 13.6. The van der Waals surface area contributed by atoms with Crippen molar-refractivity contribution in [2.45, 2.75) is 32.6 Å². The van der Waals surface area contributed by atoms with Gasteiger partial charge in [0.25, 0.3) is 5.89 Å². The maximum atomic E-state index is 11.7. The van der Waals surface area contributed by atoms with Crippen LogP contribution in [0.3, 0.4) is 0 Å². The molecule has 8 heteroatoms. The molecule has 2 aromatic rings. The van der Waals surface area contributed by atoms with E-state index in [1.165, 1.54) is 0 Å². The van der Waals surface area contributed by atoms with E-state index in [2.05, 4.69) is 20.8 Å². The van der Waals surface area contributed by atoms with E-state index in [1.807, 2.05) is 13.8 Å². The zero-order valence-electron chi connectivity index (χ0n) is 13.6. The summed E-state index contributed by atoms with van der Waals surface area (Å²) in [5.41, 5.74) is 1.37. The topological polar surface area (TPSA) is 117 Å². The number of carbonyl (C=O) groups excluding carboxylic acids is 1. The molecule has 0 bridgehead atoms. The largest absolute Gasteiger partial charge is 0.481 e. The van der Waals surface area contributed by atoms with Gasteiger partial charge in [0.2, 0.25) is 0 Å². The van der Waals surface area contributed by atoms with Gasteiger partial charge in [-0.05, 0) is 30.7 Å². The van der Waals surface area contributed by atoms with Crippen molar-refractivity contribution in [2.75, 3.05) is 11.9 Å². The van der Waals surface area contributed by atoms with Crippen molar-refractivity contribution < 1.29 is 19.2 Å². The third-order valence-electron chi connectivity index (χ3n) is 3.20. The fourth-order valence-electron chi connectivity index (χ4n) is 1.90. The Kier molecular flexibility index (Phi) is 5.89. The third kappa shape index (κ3) is 5.08. The number of nitrogens with one attached hydrogen (secondary N) is 2. The van der Waals surface area contributed by atoms with Gasteiger partial charge in [0.1, 0.15) is 0 Å². The lowest BCUT2D eigenvalue weighted by molar-refractivity contribution is -0.137. The highest BCUT2D eigenvalue weighted by Crippen LogP contribution is 2.21. The van der Waals surface area contributed by atoms with Gasteiger partial charge >= 0.3 is 12.0 Å². The monoisotopic (exact) mass is 332 g/mol. The highest BCUT2D eigenvalue weighted by molar-refractivity contribution is 5.89. The van der Waals surface area contributed by atoms with Crippen LogP contribution < -0.4 is 10.6 Å². The molecule has 2 amide bonds. The number of anilines is 1. The van der Waals surface area contributed by atoms with E-state index < -0.39 is 5.97 Å². The highest BCUT2D eigenvalue weighted by Gasteiger charge is 2.11. The van der Waals surface area contributed by atoms with Crippen LogP contribution in [0.25, 0.3) is 11.5 Å². The van der Waals surface area contributed by atoms with Crippen LogP contribution >= 0.6 is 0 Å². The Bertz CT molecular complexity index is 694. The van der Waals surface area contributed by atoms with E-state index in [4.69, 9.17) is 9.63 Å². The van der Waals surface area contributed by atoms with E-state index in [0.29, 0.717) is 30.4 Å². The summed E-state index contributed by atoms with van der Waals surface area (Å²) in [6.07, 6.45) is 0.411. The van der Waals surface area contributed by atoms with E-state index in [9.17, 15) is 9.59 Å². The second kappa shape index (κ2) is 8.09. The van der Waals surface area contributed by atoms with E-state index in [-0.39, 0.29) is 18.4 Å². The molecule has 0 unspecified atom stereocenters. The predicted molar refractivity (Wildman–Crippen MR) is 87.7 cm³/mol. The number of urea groups is 1. The first-order valence-electron chi connectivity index (χ1n) is 7.66. The van der Waals surface area contributed by atoms with Crippen molar-refractivity contribution in [2.24, 2.45) is 0 Å². The number of carbonyl (C=O) groups is 2. The van der Waals surface area contributed by atoms with E-state index in [0.717, 1.165) is 5.56 Å². The minimum absolute atomic E-state index is 0.0253. The first-order valence-corrected chi connectivity index (χ1v) is 7.66. The Morgan fingerprint density at radius 1 is 1.25 bits per heavy atom. The molecule has 1 aromatic carbocycles. The summed E-state index contributed by atoms with van der Waals surface area (Å²) in [4.78, 5) is 26.4. The van der Waals surface area contributed by atoms with Crippen LogP contribution in [0.5, 0.6) is 0 Å². The smallest absolute Gasteiger partial charge is 0.319 e. The van der Waals surface area contributed by atoms with Gasteiger partial charge in [-0.25, -0.2) is 4.79 Å². The van der Waals surface area contributed by atoms with Crippen LogP contribution in [0.1, 0.15) is 38.4 Å². The number of aliphatic carboxylic acids is 1. The molecule has 24 heavy (non-hydrogen) atoms. The van der Waals surface area contributed by atoms with Crippen molar-refractivity contribution in [1.29, 1.82) is 0 Å². The average Bonchev–Trinajstić information content (AvgIpc) is 3.02. The predicted octanol–water partition coefficient (Wildman–Crippen LogP) is 2.85. The van der Waals surface area contributed by atoms with Crippen molar-refractivity contribution in [3.8, 4) is 11.5 Å². The average molecular weight is 332 g/mol. The zero-order chi connectivity index (χ0) is 17.5. The summed E-state index contributed by atoms with van der Waals surface area (Å²) in [5, 5.41) is 17.7. The molecule has 1 heterocycles. The molecule has 8 nitrogen and oxygen atoms in total. The van der Waals surface area contributed by atoms with Gasteiger partial charge in [0.15, 0.2) is 5.82 Å². The van der Waals surface area contributed by atoms with E-state index in [1.54, 1.807) is 24.3 Å². The number of benzene rings is 1. The van der Waals surface area contributed by atoms with Crippen LogP contribution in [0.15, 0.2) is 28.8 Å². The normalized spacial score (nSPS) is 10.6. The van der Waals surface area contributed by atoms with Gasteiger partial charge in [0.05, 0.1) is 0 Å². The molecular weight excluding hydrogens is 312 g/mol. The lowest BCUT2D eigenvalue weighted by Crippen LogP contribution is -2.29. The molecule has 0 spiro atoms. The Labute approximate surface area is 139 Å². The van der Waals surface area contributed by atoms with Crippen LogP contribution in [-0.4, -0.2) is 33.8 Å². The minimum Gasteiger partial charge on any atom is -0.481 e. The molecule has 128 valence electrons. The summed E-state index contributed by atoms with van der Waals surface area (Å²) in [7, 11) is 0. The van der Waals surface area contributed by atoms with Crippen LogP contribution in [-0.2, 0) is 4.79 Å². The highest BCUT2D eigenvalue weighted by atomic mass is 16.5. The second-order valence-electron chi connectivity index (χ2n) is 5.57. The molecule has 0 aliphatic carbocycles. The molecule has 3 N–H and O–H groups in total. The summed E-state index contributed by atoms with van der Waals surface area (Å²) in [6, 6.07) is 6.62. The maximum Gasteiger partial charge on any atom is 0.319 e. The summed E-state index contributed by atoms with van der Waals surface area (Å²) in [6.45, 7) is 4.27. The van der Waals surface area contributed by atoms with Gasteiger partial charge in [-0.2, -0.15) is 4.98 Å². The number of amides is 2. The number of hydrogen-bond acceptors (Lipinski definition) is 5. The molecule has 0 radical (unpaired) electrons.